The first-order chi connectivity index (χ1) is 19.5. The molecule has 2 aliphatic rings. The molecule has 2 aromatic heterocycles. The molecule has 4 heterocycles. The average molecular weight is 621 g/mol. The van der Waals surface area contributed by atoms with Crippen LogP contribution in [0, 0.1) is 0 Å². The predicted octanol–water partition coefficient (Wildman–Crippen LogP) is 6.82. The number of hydrogen-bond acceptors (Lipinski definition) is 10. The van der Waals surface area contributed by atoms with E-state index in [1.807, 2.05) is 50.3 Å². The van der Waals surface area contributed by atoms with Crippen molar-refractivity contribution in [2.45, 2.75) is 96.9 Å². The van der Waals surface area contributed by atoms with Crippen LogP contribution in [0.2, 0.25) is 5.02 Å². The molecule has 4 atom stereocenters. The van der Waals surface area contributed by atoms with E-state index in [0.29, 0.717) is 21.9 Å². The van der Waals surface area contributed by atoms with Gasteiger partial charge in [0.2, 0.25) is 0 Å². The van der Waals surface area contributed by atoms with E-state index in [2.05, 4.69) is 15.0 Å². The van der Waals surface area contributed by atoms with Crippen LogP contribution in [0.15, 0.2) is 36.9 Å². The second-order valence-electron chi connectivity index (χ2n) is 12.8. The number of fused-ring (bicyclic) bond motifs is 2. The molecule has 0 radical (unpaired) electrons. The molecule has 2 saturated heterocycles. The fraction of sp³-hybridized carbons (Fsp3) is 0.552. The number of phosphoric acid groups is 1. The zero-order chi connectivity index (χ0) is 30.5. The Balaban J connectivity index is 1.41. The average Bonchev–Trinajstić information content (AvgIpc) is 3.50. The quantitative estimate of drug-likeness (QED) is 0.248. The molecule has 228 valence electrons. The maximum absolute atomic E-state index is 13.7. The van der Waals surface area contributed by atoms with Gasteiger partial charge in [-0.25, -0.2) is 19.5 Å². The van der Waals surface area contributed by atoms with Gasteiger partial charge >= 0.3 is 7.82 Å². The van der Waals surface area contributed by atoms with Crippen LogP contribution in [0.1, 0.15) is 72.9 Å². The summed E-state index contributed by atoms with van der Waals surface area (Å²) in [4.78, 5) is 13.5. The molecule has 11 nitrogen and oxygen atoms in total. The first-order valence-corrected chi connectivity index (χ1v) is 15.6. The molecule has 5 rings (SSSR count). The molecule has 0 amide bonds. The van der Waals surface area contributed by atoms with Crippen molar-refractivity contribution in [2.24, 2.45) is 0 Å². The van der Waals surface area contributed by atoms with Gasteiger partial charge in [-0.05, 0) is 79.2 Å². The minimum Gasteiger partial charge on any atom is -0.347 e. The fourth-order valence-corrected chi connectivity index (χ4v) is 6.90. The number of benzene rings is 1. The molecule has 0 bridgehead atoms. The Labute approximate surface area is 251 Å². The van der Waals surface area contributed by atoms with Crippen LogP contribution in [0.4, 0.5) is 0 Å². The minimum absolute atomic E-state index is 0.115. The first-order valence-electron chi connectivity index (χ1n) is 13.8. The number of phosphoric ester groups is 1. The van der Waals surface area contributed by atoms with Crippen LogP contribution in [-0.4, -0.2) is 61.4 Å². The van der Waals surface area contributed by atoms with Crippen molar-refractivity contribution in [3.05, 3.63) is 53.2 Å². The molecule has 2 aliphatic heterocycles. The normalized spacial score (nSPS) is 24.6. The first kappa shape index (κ1) is 31.2. The summed E-state index contributed by atoms with van der Waals surface area (Å²) in [5.41, 5.74) is 1.18. The van der Waals surface area contributed by atoms with Gasteiger partial charge in [-0.1, -0.05) is 29.8 Å². The number of hydrogen-bond donors (Lipinski definition) is 0. The monoisotopic (exact) mass is 620 g/mol. The molecule has 2 fully saturated rings. The Hall–Kier alpha value is -2.21. The Morgan fingerprint density at radius 3 is 2.38 bits per heavy atom. The van der Waals surface area contributed by atoms with Crippen LogP contribution in [0.3, 0.4) is 0 Å². The van der Waals surface area contributed by atoms with E-state index >= 15 is 0 Å². The highest BCUT2D eigenvalue weighted by Gasteiger charge is 2.57. The number of aromatic nitrogens is 4. The van der Waals surface area contributed by atoms with Crippen molar-refractivity contribution in [3.8, 4) is 0 Å². The Morgan fingerprint density at radius 2 is 1.71 bits per heavy atom. The van der Waals surface area contributed by atoms with Gasteiger partial charge in [-0.3, -0.25) is 18.1 Å². The molecule has 1 aromatic carbocycles. The lowest BCUT2D eigenvalue weighted by atomic mass is 10.1. The minimum atomic E-state index is -3.98. The van der Waals surface area contributed by atoms with E-state index in [4.69, 9.17) is 39.4 Å². The number of halogens is 1. The summed E-state index contributed by atoms with van der Waals surface area (Å²) in [6.45, 7) is 14.3. The smallest absolute Gasteiger partial charge is 0.347 e. The number of ether oxygens (including phenoxy) is 3. The van der Waals surface area contributed by atoms with Crippen LogP contribution in [0.25, 0.3) is 23.3 Å². The van der Waals surface area contributed by atoms with Gasteiger partial charge in [0.05, 0.1) is 29.8 Å². The van der Waals surface area contributed by atoms with E-state index in [-0.39, 0.29) is 6.61 Å². The van der Waals surface area contributed by atoms with Crippen LogP contribution < -0.4 is 0 Å². The molecule has 0 spiro atoms. The lowest BCUT2D eigenvalue weighted by Gasteiger charge is -2.32. The van der Waals surface area contributed by atoms with Crippen molar-refractivity contribution < 1.29 is 32.3 Å². The zero-order valence-electron chi connectivity index (χ0n) is 25.1. The van der Waals surface area contributed by atoms with Gasteiger partial charge < -0.3 is 14.2 Å². The van der Waals surface area contributed by atoms with Crippen molar-refractivity contribution in [1.82, 2.24) is 19.5 Å². The summed E-state index contributed by atoms with van der Waals surface area (Å²) >= 11 is 6.13. The lowest BCUT2D eigenvalue weighted by Crippen LogP contribution is -2.33. The molecular formula is C29H38ClN4O7P. The van der Waals surface area contributed by atoms with Gasteiger partial charge in [-0.15, -0.1) is 0 Å². The lowest BCUT2D eigenvalue weighted by molar-refractivity contribution is -0.199. The summed E-state index contributed by atoms with van der Waals surface area (Å²) in [6.07, 6.45) is 4.56. The van der Waals surface area contributed by atoms with E-state index in [9.17, 15) is 4.57 Å². The van der Waals surface area contributed by atoms with E-state index in [1.165, 1.54) is 6.33 Å². The molecule has 0 aliphatic carbocycles. The summed E-state index contributed by atoms with van der Waals surface area (Å²) < 4.78 is 51.9. The predicted molar refractivity (Wildman–Crippen MR) is 159 cm³/mol. The van der Waals surface area contributed by atoms with Gasteiger partial charge in [0.15, 0.2) is 17.7 Å². The van der Waals surface area contributed by atoms with Gasteiger partial charge in [-0.2, -0.15) is 0 Å². The highest BCUT2D eigenvalue weighted by Crippen LogP contribution is 2.56. The van der Waals surface area contributed by atoms with Crippen LogP contribution >= 0.6 is 19.4 Å². The molecule has 0 N–H and O–H groups in total. The largest absolute Gasteiger partial charge is 0.475 e. The van der Waals surface area contributed by atoms with Gasteiger partial charge in [0.25, 0.3) is 0 Å². The third-order valence-corrected chi connectivity index (χ3v) is 8.48. The Morgan fingerprint density at radius 1 is 1.02 bits per heavy atom. The highest BCUT2D eigenvalue weighted by molar-refractivity contribution is 7.48. The van der Waals surface area contributed by atoms with Gasteiger partial charge in [0.1, 0.15) is 30.2 Å². The third-order valence-electron chi connectivity index (χ3n) is 6.24. The molecular weight excluding hydrogens is 583 g/mol. The maximum atomic E-state index is 13.7. The molecule has 0 saturated carbocycles. The third kappa shape index (κ3) is 7.29. The van der Waals surface area contributed by atoms with E-state index in [1.54, 1.807) is 52.4 Å². The number of imidazole rings is 1. The number of rotatable bonds is 8. The topological polar surface area (TPSA) is 116 Å². The molecule has 0 unspecified atom stereocenters. The van der Waals surface area contributed by atoms with E-state index in [0.717, 1.165) is 5.56 Å². The number of nitrogens with zero attached hydrogens (tertiary/aromatic N) is 4. The van der Waals surface area contributed by atoms with E-state index < -0.39 is 49.4 Å². The fourth-order valence-electron chi connectivity index (χ4n) is 4.89. The zero-order valence-corrected chi connectivity index (χ0v) is 26.8. The maximum Gasteiger partial charge on any atom is 0.475 e. The summed E-state index contributed by atoms with van der Waals surface area (Å²) in [5, 5.41) is 0.647. The van der Waals surface area contributed by atoms with Crippen molar-refractivity contribution in [2.75, 3.05) is 6.61 Å². The van der Waals surface area contributed by atoms with Crippen LogP contribution in [0.5, 0.6) is 0 Å². The molecule has 13 heteroatoms. The standard InChI is InChI=1S/C29H38ClN4O7P/c1-27(2,3)40-42(35,41-28(4,5)6)36-15-21-23-24(39-29(7,8)38-23)26(37-21)34-17-33-22-20(31-16-32-25(22)34)13-12-18-10-9-11-19(30)14-18/h9-14,16-17,21,23-24,26H,15H2,1-8H3/t21-,23-,24-,26-/m1/s1. The Kier molecular flexibility index (Phi) is 8.45. The SMILES string of the molecule is CC(C)(C)OP(=O)(OC[C@H]1O[C@@H](n2cnc3c(C=Cc4cccc(Cl)c4)ncnc32)[C@@H]2OC(C)(C)O[C@@H]21)OC(C)(C)C. The van der Waals surface area contributed by atoms with Crippen LogP contribution in [-0.2, 0) is 32.3 Å². The Bertz CT molecular complexity index is 1490. The second kappa shape index (κ2) is 11.4. The van der Waals surface area contributed by atoms with Crippen molar-refractivity contribution in [1.29, 1.82) is 0 Å². The summed E-state index contributed by atoms with van der Waals surface area (Å²) in [7, 11) is -3.98. The summed E-state index contributed by atoms with van der Waals surface area (Å²) in [5.74, 6) is -0.876. The molecule has 42 heavy (non-hydrogen) atoms. The highest BCUT2D eigenvalue weighted by atomic mass is 35.5. The van der Waals surface area contributed by atoms with Crippen molar-refractivity contribution >= 4 is 42.7 Å². The van der Waals surface area contributed by atoms with Crippen molar-refractivity contribution in [3.63, 3.8) is 0 Å². The second-order valence-corrected chi connectivity index (χ2v) is 14.7. The summed E-state index contributed by atoms with van der Waals surface area (Å²) in [6, 6.07) is 7.52. The van der Waals surface area contributed by atoms with Gasteiger partial charge in [0, 0.05) is 5.02 Å². The molecule has 3 aromatic rings.